The third-order valence-corrected chi connectivity index (χ3v) is 8.89. The zero-order chi connectivity index (χ0) is 28.0. The van der Waals surface area contributed by atoms with Crippen LogP contribution < -0.4 is 29.1 Å². The molecule has 2 aliphatic rings. The van der Waals surface area contributed by atoms with Crippen LogP contribution in [0.3, 0.4) is 0 Å². The van der Waals surface area contributed by atoms with Crippen LogP contribution >= 0.6 is 33.9 Å². The summed E-state index contributed by atoms with van der Waals surface area (Å²) in [5.41, 5.74) is 5.99. The first-order valence-electron chi connectivity index (χ1n) is 12.7. The highest BCUT2D eigenvalue weighted by Gasteiger charge is 2.34. The molecule has 1 aliphatic heterocycles. The van der Waals surface area contributed by atoms with Crippen LogP contribution in [-0.4, -0.2) is 24.8 Å². The summed E-state index contributed by atoms with van der Waals surface area (Å²) in [6.07, 6.45) is 3.52. The van der Waals surface area contributed by atoms with Crippen LogP contribution in [0.1, 0.15) is 41.6 Å². The number of halogens is 1. The predicted octanol–water partition coefficient (Wildman–Crippen LogP) is 4.87. The summed E-state index contributed by atoms with van der Waals surface area (Å²) in [6.45, 7) is 1.35. The first-order chi connectivity index (χ1) is 19.4. The third-order valence-electron chi connectivity index (χ3n) is 7.10. The molecule has 9 heteroatoms. The lowest BCUT2D eigenvalue weighted by molar-refractivity contribution is -0.132. The topological polar surface area (TPSA) is 79.1 Å². The van der Waals surface area contributed by atoms with Gasteiger partial charge in [0.15, 0.2) is 16.3 Å². The molecule has 0 bridgehead atoms. The van der Waals surface area contributed by atoms with Gasteiger partial charge in [0, 0.05) is 18.1 Å². The van der Waals surface area contributed by atoms with E-state index in [4.69, 9.17) is 19.2 Å². The number of allylic oxidation sites excluding steroid dienone is 1. The Kier molecular flexibility index (Phi) is 7.09. The van der Waals surface area contributed by atoms with E-state index in [1.807, 2.05) is 42.5 Å². The normalized spacial score (nSPS) is 16.0. The number of fused-ring (bicyclic) bond motifs is 3. The van der Waals surface area contributed by atoms with E-state index in [1.165, 1.54) is 30.9 Å². The number of aromatic nitrogens is 1. The molecule has 0 N–H and O–H groups in total. The molecule has 3 aromatic carbocycles. The van der Waals surface area contributed by atoms with E-state index in [2.05, 4.69) is 40.8 Å². The maximum Gasteiger partial charge on any atom is 0.308 e. The summed E-state index contributed by atoms with van der Waals surface area (Å²) < 4.78 is 19.6. The highest BCUT2D eigenvalue weighted by Crippen LogP contribution is 2.43. The van der Waals surface area contributed by atoms with Crippen LogP contribution in [0.25, 0.3) is 11.8 Å². The minimum absolute atomic E-state index is 0.122. The van der Waals surface area contributed by atoms with Crippen molar-refractivity contribution < 1.29 is 19.0 Å². The Balaban J connectivity index is 1.58. The van der Waals surface area contributed by atoms with Crippen molar-refractivity contribution in [2.45, 2.75) is 25.8 Å². The second-order valence-electron chi connectivity index (χ2n) is 9.48. The molecule has 40 heavy (non-hydrogen) atoms. The van der Waals surface area contributed by atoms with Crippen molar-refractivity contribution in [1.82, 2.24) is 4.57 Å². The number of hydrogen-bond acceptors (Lipinski definition) is 7. The third kappa shape index (κ3) is 4.56. The van der Waals surface area contributed by atoms with Crippen LogP contribution in [0, 0.1) is 3.57 Å². The lowest BCUT2D eigenvalue weighted by Gasteiger charge is -2.31. The molecule has 0 fully saturated rings. The predicted molar refractivity (Wildman–Crippen MR) is 163 cm³/mol. The van der Waals surface area contributed by atoms with Gasteiger partial charge in [-0.3, -0.25) is 14.2 Å². The Morgan fingerprint density at radius 2 is 1.80 bits per heavy atom. The van der Waals surface area contributed by atoms with Crippen molar-refractivity contribution in [3.8, 4) is 17.2 Å². The van der Waals surface area contributed by atoms with Crippen LogP contribution in [0.2, 0.25) is 0 Å². The summed E-state index contributed by atoms with van der Waals surface area (Å²) >= 11 is 3.46. The molecule has 0 saturated carbocycles. The number of methoxy groups -OCH3 is 2. The fourth-order valence-electron chi connectivity index (χ4n) is 5.41. The molecular weight excluding hydrogens is 639 g/mol. The minimum Gasteiger partial charge on any atom is -0.496 e. The molecule has 1 aromatic heterocycles. The second kappa shape index (κ2) is 10.7. The zero-order valence-electron chi connectivity index (χ0n) is 22.1. The summed E-state index contributed by atoms with van der Waals surface area (Å²) in [7, 11) is 3.17. The van der Waals surface area contributed by atoms with Gasteiger partial charge in [0.1, 0.15) is 5.75 Å². The molecule has 0 amide bonds. The number of carbonyl (C=O) groups excluding carboxylic acids is 1. The number of rotatable bonds is 5. The van der Waals surface area contributed by atoms with Crippen LogP contribution in [-0.2, 0) is 11.2 Å². The Labute approximate surface area is 248 Å². The average Bonchev–Trinajstić information content (AvgIpc) is 3.27. The first-order valence-corrected chi connectivity index (χ1v) is 14.6. The molecule has 6 rings (SSSR count). The van der Waals surface area contributed by atoms with Gasteiger partial charge < -0.3 is 14.2 Å². The van der Waals surface area contributed by atoms with Crippen molar-refractivity contribution in [3.05, 3.63) is 112 Å². The Bertz CT molecular complexity index is 1890. The zero-order valence-corrected chi connectivity index (χ0v) is 25.0. The number of para-hydroxylation sites is 1. The minimum atomic E-state index is -0.431. The van der Waals surface area contributed by atoms with Gasteiger partial charge in [0.25, 0.3) is 5.56 Å². The SMILES string of the molecule is COc1ccccc1[C@H]1C2=C(N=c3s/c(=C/c4cc(I)c(OC(C)=O)c(OC)c4)c(=O)n31)c1ccccc1CC2. The number of esters is 1. The molecule has 0 unspecified atom stereocenters. The molecule has 0 spiro atoms. The highest BCUT2D eigenvalue weighted by atomic mass is 127. The van der Waals surface area contributed by atoms with Crippen molar-refractivity contribution in [2.24, 2.45) is 4.99 Å². The van der Waals surface area contributed by atoms with E-state index in [0.29, 0.717) is 24.4 Å². The summed E-state index contributed by atoms with van der Waals surface area (Å²) in [4.78, 5) is 31.4. The number of carbonyl (C=O) groups is 1. The lowest BCUT2D eigenvalue weighted by Crippen LogP contribution is -2.39. The van der Waals surface area contributed by atoms with Gasteiger partial charge in [-0.2, -0.15) is 0 Å². The van der Waals surface area contributed by atoms with Crippen LogP contribution in [0.4, 0.5) is 0 Å². The molecule has 1 atom stereocenters. The lowest BCUT2D eigenvalue weighted by atomic mass is 9.83. The van der Waals surface area contributed by atoms with Gasteiger partial charge >= 0.3 is 5.97 Å². The Morgan fingerprint density at radius 3 is 2.58 bits per heavy atom. The molecular formula is C31H25IN2O5S. The van der Waals surface area contributed by atoms with Gasteiger partial charge in [-0.25, -0.2) is 4.99 Å². The molecule has 1 aliphatic carbocycles. The Morgan fingerprint density at radius 1 is 1.05 bits per heavy atom. The number of nitrogens with zero attached hydrogens (tertiary/aromatic N) is 2. The fraction of sp³-hybridized carbons (Fsp3) is 0.194. The molecule has 0 radical (unpaired) electrons. The smallest absolute Gasteiger partial charge is 0.308 e. The largest absolute Gasteiger partial charge is 0.496 e. The van der Waals surface area contributed by atoms with Crippen molar-refractivity contribution in [3.63, 3.8) is 0 Å². The average molecular weight is 665 g/mol. The highest BCUT2D eigenvalue weighted by molar-refractivity contribution is 14.1. The van der Waals surface area contributed by atoms with Gasteiger partial charge in [-0.1, -0.05) is 53.8 Å². The molecule has 7 nitrogen and oxygen atoms in total. The summed E-state index contributed by atoms with van der Waals surface area (Å²) in [5.74, 6) is 1.08. The molecule has 4 aromatic rings. The van der Waals surface area contributed by atoms with Gasteiger partial charge in [0.05, 0.1) is 34.1 Å². The van der Waals surface area contributed by atoms with E-state index >= 15 is 0 Å². The van der Waals surface area contributed by atoms with Gasteiger partial charge in [-0.05, 0) is 76.4 Å². The van der Waals surface area contributed by atoms with Crippen molar-refractivity contribution >= 4 is 51.7 Å². The molecule has 2 heterocycles. The number of ether oxygens (including phenoxy) is 3. The summed E-state index contributed by atoms with van der Waals surface area (Å²) in [5, 5.41) is 0. The van der Waals surface area contributed by atoms with E-state index < -0.39 is 5.97 Å². The standard InChI is InChI=1S/C31H25IN2O5S/c1-17(35)39-29-23(32)14-18(15-25(29)38-3)16-26-30(36)34-28(21-10-6-7-11-24(21)37-2)22-13-12-19-8-4-5-9-20(19)27(22)33-31(34)40-26/h4-11,14-16,28H,12-13H2,1-3H3/b26-16+/t28-/m0/s1. The van der Waals surface area contributed by atoms with E-state index in [-0.39, 0.29) is 11.6 Å². The number of hydrogen-bond donors (Lipinski definition) is 0. The van der Waals surface area contributed by atoms with Crippen LogP contribution in [0.15, 0.2) is 76.0 Å². The van der Waals surface area contributed by atoms with E-state index in [0.717, 1.165) is 46.6 Å². The van der Waals surface area contributed by atoms with E-state index in [9.17, 15) is 9.59 Å². The quantitative estimate of drug-likeness (QED) is 0.173. The van der Waals surface area contributed by atoms with Crippen molar-refractivity contribution in [2.75, 3.05) is 14.2 Å². The second-order valence-corrected chi connectivity index (χ2v) is 11.7. The number of aryl methyl sites for hydroxylation is 1. The molecule has 0 saturated heterocycles. The number of thiazole rings is 1. The summed E-state index contributed by atoms with van der Waals surface area (Å²) in [6, 6.07) is 19.5. The van der Waals surface area contributed by atoms with E-state index in [1.54, 1.807) is 17.7 Å². The van der Waals surface area contributed by atoms with Crippen LogP contribution in [0.5, 0.6) is 17.2 Å². The first kappa shape index (κ1) is 26.5. The fourth-order valence-corrected chi connectivity index (χ4v) is 7.14. The van der Waals surface area contributed by atoms with Gasteiger partial charge in [0.2, 0.25) is 0 Å². The van der Waals surface area contributed by atoms with Crippen molar-refractivity contribution in [1.29, 1.82) is 0 Å². The molecule has 202 valence electrons. The van der Waals surface area contributed by atoms with Gasteiger partial charge in [-0.15, -0.1) is 0 Å². The number of benzene rings is 3. The maximum absolute atomic E-state index is 14.1. The Hall–Kier alpha value is -3.70. The maximum atomic E-state index is 14.1. The monoisotopic (exact) mass is 664 g/mol.